The van der Waals surface area contributed by atoms with Gasteiger partial charge in [0.05, 0.1) is 4.90 Å². The number of fused-ring (bicyclic) bond motifs is 1. The van der Waals surface area contributed by atoms with Gasteiger partial charge in [-0.3, -0.25) is 4.79 Å². The lowest BCUT2D eigenvalue weighted by Gasteiger charge is -2.07. The molecule has 112 valence electrons. The summed E-state index contributed by atoms with van der Waals surface area (Å²) in [7, 11) is -3.74. The van der Waals surface area contributed by atoms with E-state index >= 15 is 0 Å². The molecule has 0 aliphatic heterocycles. The highest BCUT2D eigenvalue weighted by atomic mass is 32.2. The van der Waals surface area contributed by atoms with E-state index in [2.05, 4.69) is 4.98 Å². The molecule has 0 saturated carbocycles. The Labute approximate surface area is 128 Å². The molecule has 0 aliphatic rings. The first-order chi connectivity index (χ1) is 10.4. The van der Waals surface area contributed by atoms with Crippen LogP contribution in [-0.2, 0) is 10.0 Å². The summed E-state index contributed by atoms with van der Waals surface area (Å²) in [5.74, 6) is -0.127. The Kier molecular flexibility index (Phi) is 3.33. The molecule has 3 rings (SSSR count). The fraction of sp³-hybridized carbons (Fsp3) is 0.125. The summed E-state index contributed by atoms with van der Waals surface area (Å²) < 4.78 is 26.6. The molecule has 0 amide bonds. The average Bonchev–Trinajstić information content (AvgIpc) is 2.92. The van der Waals surface area contributed by atoms with Crippen LogP contribution in [0.1, 0.15) is 22.8 Å². The highest BCUT2D eigenvalue weighted by Crippen LogP contribution is 2.23. The fourth-order valence-corrected chi connectivity index (χ4v) is 3.64. The molecule has 0 atom stereocenters. The monoisotopic (exact) mass is 314 g/mol. The van der Waals surface area contributed by atoms with Gasteiger partial charge in [0.2, 0.25) is 0 Å². The van der Waals surface area contributed by atoms with Crippen LogP contribution in [0.3, 0.4) is 0 Å². The van der Waals surface area contributed by atoms with Gasteiger partial charge in [-0.2, -0.15) is 0 Å². The van der Waals surface area contributed by atoms with Crippen molar-refractivity contribution >= 4 is 26.8 Å². The largest absolute Gasteiger partial charge is 0.294 e. The smallest absolute Gasteiger partial charge is 0.269 e. The zero-order valence-electron chi connectivity index (χ0n) is 12.1. The number of rotatable bonds is 3. The lowest BCUT2D eigenvalue weighted by molar-refractivity contribution is 0.101. The topological polar surface area (TPSA) is 69.0 Å². The summed E-state index contributed by atoms with van der Waals surface area (Å²) in [5.41, 5.74) is 1.70. The van der Waals surface area contributed by atoms with Crippen molar-refractivity contribution in [2.75, 3.05) is 0 Å². The summed E-state index contributed by atoms with van der Waals surface area (Å²) in [5, 5.41) is 0.533. The number of nitrogens with zero attached hydrogens (tertiary/aromatic N) is 2. The molecule has 0 spiro atoms. The molecule has 0 fully saturated rings. The average molecular weight is 314 g/mol. The highest BCUT2D eigenvalue weighted by molar-refractivity contribution is 7.90. The molecule has 0 aliphatic carbocycles. The number of aryl methyl sites for hydroxylation is 1. The number of ketones is 1. The first kappa shape index (κ1) is 14.5. The zero-order valence-corrected chi connectivity index (χ0v) is 13.0. The van der Waals surface area contributed by atoms with Crippen molar-refractivity contribution in [1.82, 2.24) is 8.96 Å². The van der Waals surface area contributed by atoms with Crippen molar-refractivity contribution in [3.05, 3.63) is 59.9 Å². The van der Waals surface area contributed by atoms with E-state index in [1.54, 1.807) is 36.4 Å². The summed E-state index contributed by atoms with van der Waals surface area (Å²) >= 11 is 0. The van der Waals surface area contributed by atoms with Gasteiger partial charge in [0, 0.05) is 23.3 Å². The Hall–Kier alpha value is -2.47. The maximum atomic E-state index is 12.7. The van der Waals surface area contributed by atoms with Gasteiger partial charge in [-0.25, -0.2) is 17.4 Å². The highest BCUT2D eigenvalue weighted by Gasteiger charge is 2.21. The minimum atomic E-state index is -3.74. The molecule has 1 aromatic carbocycles. The molecule has 22 heavy (non-hydrogen) atoms. The van der Waals surface area contributed by atoms with E-state index in [0.29, 0.717) is 10.9 Å². The van der Waals surface area contributed by atoms with Gasteiger partial charge in [0.1, 0.15) is 0 Å². The molecule has 6 heteroatoms. The molecule has 5 nitrogen and oxygen atoms in total. The maximum Gasteiger partial charge on any atom is 0.269 e. The van der Waals surface area contributed by atoms with E-state index in [9.17, 15) is 13.2 Å². The van der Waals surface area contributed by atoms with E-state index in [0.717, 1.165) is 9.54 Å². The summed E-state index contributed by atoms with van der Waals surface area (Å²) in [6, 6.07) is 9.80. The van der Waals surface area contributed by atoms with Gasteiger partial charge in [-0.05, 0) is 38.1 Å². The summed E-state index contributed by atoms with van der Waals surface area (Å²) in [4.78, 5) is 16.0. The molecule has 2 aromatic heterocycles. The Bertz CT molecular complexity index is 970. The molecular formula is C16H14N2O3S. The van der Waals surface area contributed by atoms with Gasteiger partial charge >= 0.3 is 0 Å². The third-order valence-electron chi connectivity index (χ3n) is 3.51. The predicted molar refractivity (Wildman–Crippen MR) is 83.5 cm³/mol. The second-order valence-electron chi connectivity index (χ2n) is 5.08. The van der Waals surface area contributed by atoms with Gasteiger partial charge in [0.15, 0.2) is 11.4 Å². The Morgan fingerprint density at radius 1 is 1.09 bits per heavy atom. The van der Waals surface area contributed by atoms with Crippen molar-refractivity contribution in [3.8, 4) is 0 Å². The van der Waals surface area contributed by atoms with Crippen LogP contribution in [0.2, 0.25) is 0 Å². The first-order valence-corrected chi connectivity index (χ1v) is 8.14. The van der Waals surface area contributed by atoms with Crippen molar-refractivity contribution < 1.29 is 13.2 Å². The first-order valence-electron chi connectivity index (χ1n) is 6.70. The van der Waals surface area contributed by atoms with Crippen LogP contribution in [0.5, 0.6) is 0 Å². The predicted octanol–water partition coefficient (Wildman–Crippen LogP) is 2.78. The van der Waals surface area contributed by atoms with Crippen LogP contribution in [0.25, 0.3) is 11.0 Å². The number of Topliss-reactive ketones (excluding diaryl/α,β-unsaturated/α-hetero) is 1. The summed E-state index contributed by atoms with van der Waals surface area (Å²) in [6.07, 6.45) is 2.87. The molecular weight excluding hydrogens is 300 g/mol. The second kappa shape index (κ2) is 5.06. The molecule has 0 bridgehead atoms. The lowest BCUT2D eigenvalue weighted by atomic mass is 10.1. The Morgan fingerprint density at radius 2 is 1.77 bits per heavy atom. The van der Waals surface area contributed by atoms with E-state index in [1.165, 1.54) is 19.3 Å². The molecule has 0 unspecified atom stereocenters. The molecule has 0 saturated heterocycles. The maximum absolute atomic E-state index is 12.7. The third kappa shape index (κ3) is 2.21. The summed E-state index contributed by atoms with van der Waals surface area (Å²) in [6.45, 7) is 3.34. The van der Waals surface area contributed by atoms with Gasteiger partial charge in [-0.15, -0.1) is 0 Å². The van der Waals surface area contributed by atoms with E-state index in [-0.39, 0.29) is 16.3 Å². The van der Waals surface area contributed by atoms with Crippen molar-refractivity contribution in [1.29, 1.82) is 0 Å². The standard InChI is InChI=1S/C16H14N2O3S/c1-11-3-5-13(6-4-11)22(20,21)18-10-8-15-14(12(2)19)7-9-17-16(15)18/h3-10H,1-2H3. The third-order valence-corrected chi connectivity index (χ3v) is 5.19. The second-order valence-corrected chi connectivity index (χ2v) is 6.90. The number of aromatic nitrogens is 2. The van der Waals surface area contributed by atoms with Gasteiger partial charge in [-0.1, -0.05) is 17.7 Å². The van der Waals surface area contributed by atoms with Crippen LogP contribution in [0.4, 0.5) is 0 Å². The van der Waals surface area contributed by atoms with Crippen LogP contribution in [0, 0.1) is 6.92 Å². The fourth-order valence-electron chi connectivity index (χ4n) is 2.34. The molecule has 3 aromatic rings. The van der Waals surface area contributed by atoms with E-state index in [1.807, 2.05) is 6.92 Å². The zero-order chi connectivity index (χ0) is 15.9. The van der Waals surface area contributed by atoms with E-state index < -0.39 is 10.0 Å². The van der Waals surface area contributed by atoms with Crippen LogP contribution >= 0.6 is 0 Å². The number of benzene rings is 1. The van der Waals surface area contributed by atoms with E-state index in [4.69, 9.17) is 0 Å². The van der Waals surface area contributed by atoms with Crippen molar-refractivity contribution in [2.24, 2.45) is 0 Å². The van der Waals surface area contributed by atoms with Crippen LogP contribution in [0.15, 0.2) is 53.7 Å². The normalized spacial score (nSPS) is 11.7. The van der Waals surface area contributed by atoms with Crippen LogP contribution < -0.4 is 0 Å². The van der Waals surface area contributed by atoms with Crippen molar-refractivity contribution in [3.63, 3.8) is 0 Å². The molecule has 0 N–H and O–H groups in total. The quantitative estimate of drug-likeness (QED) is 0.697. The Balaban J connectivity index is 2.24. The number of pyridine rings is 1. The number of carbonyl (C=O) groups excluding carboxylic acids is 1. The minimum Gasteiger partial charge on any atom is -0.294 e. The number of carbonyl (C=O) groups is 1. The minimum absolute atomic E-state index is 0.127. The van der Waals surface area contributed by atoms with Gasteiger partial charge in [0.25, 0.3) is 10.0 Å². The molecule has 0 radical (unpaired) electrons. The SMILES string of the molecule is CC(=O)c1ccnc2c1ccn2S(=O)(=O)c1ccc(C)cc1. The Morgan fingerprint density at radius 3 is 2.41 bits per heavy atom. The lowest BCUT2D eigenvalue weighted by Crippen LogP contribution is -2.12. The van der Waals surface area contributed by atoms with Crippen LogP contribution in [-0.4, -0.2) is 23.2 Å². The van der Waals surface area contributed by atoms with Gasteiger partial charge < -0.3 is 0 Å². The molecule has 2 heterocycles. The van der Waals surface area contributed by atoms with Crippen molar-refractivity contribution in [2.45, 2.75) is 18.7 Å². The number of hydrogen-bond donors (Lipinski definition) is 0. The number of hydrogen-bond acceptors (Lipinski definition) is 4.